The Labute approximate surface area is 137 Å². The maximum Gasteiger partial charge on any atom is 0.471 e. The summed E-state index contributed by atoms with van der Waals surface area (Å²) >= 11 is 0. The number of nitrogen functional groups attached to an aromatic ring is 1. The van der Waals surface area contributed by atoms with Crippen LogP contribution in [0.25, 0.3) is 11.0 Å². The lowest BCUT2D eigenvalue weighted by Crippen LogP contribution is -2.48. The number of halogens is 3. The summed E-state index contributed by atoms with van der Waals surface area (Å²) in [5.74, 6) is -2.26. The van der Waals surface area contributed by atoms with Gasteiger partial charge in [0.05, 0.1) is 24.2 Å². The highest BCUT2D eigenvalue weighted by Gasteiger charge is 2.56. The van der Waals surface area contributed by atoms with Crippen LogP contribution in [0.1, 0.15) is 11.6 Å². The van der Waals surface area contributed by atoms with Crippen LogP contribution >= 0.6 is 0 Å². The Hall–Kier alpha value is -2.44. The van der Waals surface area contributed by atoms with Crippen molar-refractivity contribution < 1.29 is 33.3 Å². The molecule has 1 amide bonds. The lowest BCUT2D eigenvalue weighted by molar-refractivity contribution is -0.190. The van der Waals surface area contributed by atoms with Gasteiger partial charge in [-0.2, -0.15) is 13.2 Å². The fourth-order valence-corrected chi connectivity index (χ4v) is 3.11. The second kappa shape index (κ2) is 5.82. The lowest BCUT2D eigenvalue weighted by Gasteiger charge is -2.30. The summed E-state index contributed by atoms with van der Waals surface area (Å²) in [6, 6.07) is -3.21. The Morgan fingerprint density at radius 1 is 1.32 bits per heavy atom. The molecule has 0 bridgehead atoms. The Balaban J connectivity index is 2.16. The molecular formula is C13H14F3N5O4. The first-order valence-electron chi connectivity index (χ1n) is 7.12. The number of nitrogens with two attached hydrogens (primary N) is 1. The minimum absolute atomic E-state index is 0.0178. The molecule has 1 aliphatic rings. The predicted molar refractivity (Wildman–Crippen MR) is 76.8 cm³/mol. The van der Waals surface area contributed by atoms with E-state index in [0.29, 0.717) is 0 Å². The molecule has 2 aromatic heterocycles. The number of fused-ring (bicyclic) bond motifs is 1. The number of aliphatic hydroxyl groups excluding tert-OH is 3. The van der Waals surface area contributed by atoms with Crippen molar-refractivity contribution in [3.05, 3.63) is 18.1 Å². The van der Waals surface area contributed by atoms with E-state index >= 15 is 0 Å². The molecule has 6 N–H and O–H groups in total. The van der Waals surface area contributed by atoms with E-state index < -0.39 is 43.0 Å². The first-order valence-corrected chi connectivity index (χ1v) is 7.12. The normalized spacial score (nSPS) is 27.2. The largest absolute Gasteiger partial charge is 0.471 e. The van der Waals surface area contributed by atoms with Crippen LogP contribution in [0.5, 0.6) is 0 Å². The van der Waals surface area contributed by atoms with Crippen molar-refractivity contribution in [1.82, 2.24) is 19.9 Å². The molecule has 12 heteroatoms. The number of carbonyl (C=O) groups excluding carboxylic acids is 1. The van der Waals surface area contributed by atoms with E-state index in [2.05, 4.69) is 15.0 Å². The van der Waals surface area contributed by atoms with Crippen molar-refractivity contribution in [3.63, 3.8) is 0 Å². The fourth-order valence-electron chi connectivity index (χ4n) is 3.11. The third-order valence-corrected chi connectivity index (χ3v) is 4.23. The molecule has 3 heterocycles. The van der Waals surface area contributed by atoms with Crippen LogP contribution in [0.4, 0.5) is 19.0 Å². The van der Waals surface area contributed by atoms with Crippen molar-refractivity contribution in [1.29, 1.82) is 0 Å². The van der Waals surface area contributed by atoms with E-state index in [1.54, 1.807) is 0 Å². The zero-order chi connectivity index (χ0) is 18.5. The van der Waals surface area contributed by atoms with Gasteiger partial charge in [0.15, 0.2) is 5.82 Å². The number of rotatable bonds is 2. The average molecular weight is 361 g/mol. The van der Waals surface area contributed by atoms with Crippen molar-refractivity contribution in [2.24, 2.45) is 0 Å². The molecule has 9 nitrogen and oxygen atoms in total. The van der Waals surface area contributed by atoms with Crippen molar-refractivity contribution in [3.8, 4) is 0 Å². The fraction of sp³-hybridized carbons (Fsp3) is 0.462. The number of carbonyl (C=O) groups is 1. The minimum Gasteiger partial charge on any atom is -0.394 e. The number of H-pyrrole nitrogens is 1. The molecule has 3 rings (SSSR count). The highest BCUT2D eigenvalue weighted by atomic mass is 19.4. The van der Waals surface area contributed by atoms with Crippen LogP contribution in [0.15, 0.2) is 12.5 Å². The molecule has 0 aliphatic carbocycles. The number of aromatic nitrogens is 3. The molecule has 136 valence electrons. The number of aliphatic hydroxyl groups is 3. The smallest absolute Gasteiger partial charge is 0.394 e. The second-order valence-electron chi connectivity index (χ2n) is 5.61. The molecule has 0 spiro atoms. The van der Waals surface area contributed by atoms with Crippen molar-refractivity contribution in [2.45, 2.75) is 30.5 Å². The first kappa shape index (κ1) is 17.4. The number of aromatic amines is 1. The lowest BCUT2D eigenvalue weighted by atomic mass is 10.0. The quantitative estimate of drug-likeness (QED) is 0.464. The van der Waals surface area contributed by atoms with Gasteiger partial charge in [0.2, 0.25) is 0 Å². The van der Waals surface area contributed by atoms with Gasteiger partial charge in [-0.15, -0.1) is 0 Å². The minimum atomic E-state index is -5.25. The maximum absolute atomic E-state index is 13.0. The van der Waals surface area contributed by atoms with Crippen LogP contribution in [-0.2, 0) is 4.79 Å². The van der Waals surface area contributed by atoms with E-state index in [-0.39, 0.29) is 27.3 Å². The standard InChI is InChI=1S/C13H14F3N5O4/c14-13(15,16)12(25)21-5(2-22)9(23)10(24)8(21)4-1-18-7-6(4)19-3-20-11(7)17/h1,3,5,8-10,18,22-24H,2H2,(H2,17,19,20)/t5-,8+,9-,10+/m1/s1. The SMILES string of the molecule is Nc1ncnc2c([C@H]3[C@H](O)[C@H](O)[C@@H](CO)N3C(=O)C(F)(F)F)c[nH]c12. The summed E-state index contributed by atoms with van der Waals surface area (Å²) in [5.41, 5.74) is 5.98. The zero-order valence-corrected chi connectivity index (χ0v) is 12.5. The van der Waals surface area contributed by atoms with Crippen LogP contribution in [0.3, 0.4) is 0 Å². The van der Waals surface area contributed by atoms with E-state index in [0.717, 1.165) is 6.33 Å². The Kier molecular flexibility index (Phi) is 4.05. The molecule has 1 saturated heterocycles. The van der Waals surface area contributed by atoms with Crippen LogP contribution in [0.2, 0.25) is 0 Å². The van der Waals surface area contributed by atoms with Crippen LogP contribution in [0, 0.1) is 0 Å². The Morgan fingerprint density at radius 3 is 2.60 bits per heavy atom. The number of nitrogens with zero attached hydrogens (tertiary/aromatic N) is 3. The summed E-state index contributed by atoms with van der Waals surface area (Å²) in [4.78, 5) is 22.4. The highest BCUT2D eigenvalue weighted by Crippen LogP contribution is 2.41. The summed E-state index contributed by atoms with van der Waals surface area (Å²) in [6.07, 6.45) is -6.49. The van der Waals surface area contributed by atoms with Gasteiger partial charge in [0, 0.05) is 11.8 Å². The van der Waals surface area contributed by atoms with Crippen LogP contribution in [-0.4, -0.2) is 72.1 Å². The van der Waals surface area contributed by atoms with Crippen molar-refractivity contribution >= 4 is 22.8 Å². The molecule has 0 radical (unpaired) electrons. The second-order valence-corrected chi connectivity index (χ2v) is 5.61. The summed E-state index contributed by atoms with van der Waals surface area (Å²) in [5, 5.41) is 29.6. The van der Waals surface area contributed by atoms with E-state index in [4.69, 9.17) is 5.73 Å². The molecule has 0 saturated carbocycles. The van der Waals surface area contributed by atoms with Gasteiger partial charge < -0.3 is 30.9 Å². The van der Waals surface area contributed by atoms with Gasteiger partial charge in [-0.3, -0.25) is 4.79 Å². The third-order valence-electron chi connectivity index (χ3n) is 4.23. The Bertz CT molecular complexity index is 811. The predicted octanol–water partition coefficient (Wildman–Crippen LogP) is -0.932. The highest BCUT2D eigenvalue weighted by molar-refractivity contribution is 5.89. The van der Waals surface area contributed by atoms with Gasteiger partial charge in [-0.1, -0.05) is 0 Å². The third kappa shape index (κ3) is 2.58. The number of amides is 1. The van der Waals surface area contributed by atoms with Gasteiger partial charge >= 0.3 is 12.1 Å². The summed E-state index contributed by atoms with van der Waals surface area (Å²) in [6.45, 7) is -0.962. The summed E-state index contributed by atoms with van der Waals surface area (Å²) < 4.78 is 38.9. The number of nitrogens with one attached hydrogen (secondary N) is 1. The molecule has 0 unspecified atom stereocenters. The topological polar surface area (TPSA) is 149 Å². The molecular weight excluding hydrogens is 347 g/mol. The van der Waals surface area contributed by atoms with E-state index in [1.807, 2.05) is 0 Å². The van der Waals surface area contributed by atoms with E-state index in [1.165, 1.54) is 6.20 Å². The maximum atomic E-state index is 13.0. The summed E-state index contributed by atoms with van der Waals surface area (Å²) in [7, 11) is 0. The number of likely N-dealkylation sites (tertiary alicyclic amines) is 1. The average Bonchev–Trinajstić information content (AvgIpc) is 3.07. The molecule has 1 fully saturated rings. The first-order chi connectivity index (χ1) is 11.7. The number of alkyl halides is 3. The molecule has 0 aromatic carbocycles. The monoisotopic (exact) mass is 361 g/mol. The van der Waals surface area contributed by atoms with E-state index in [9.17, 15) is 33.3 Å². The molecule has 2 aromatic rings. The molecule has 1 aliphatic heterocycles. The van der Waals surface area contributed by atoms with Gasteiger partial charge in [-0.05, 0) is 0 Å². The zero-order valence-electron chi connectivity index (χ0n) is 12.5. The molecule has 25 heavy (non-hydrogen) atoms. The van der Waals surface area contributed by atoms with Gasteiger partial charge in [0.1, 0.15) is 24.1 Å². The number of anilines is 1. The van der Waals surface area contributed by atoms with Gasteiger partial charge in [-0.25, -0.2) is 9.97 Å². The number of hydrogen-bond acceptors (Lipinski definition) is 7. The van der Waals surface area contributed by atoms with Crippen LogP contribution < -0.4 is 5.73 Å². The molecule has 4 atom stereocenters. The van der Waals surface area contributed by atoms with Crippen molar-refractivity contribution in [2.75, 3.05) is 12.3 Å². The number of hydrogen-bond donors (Lipinski definition) is 5. The van der Waals surface area contributed by atoms with Gasteiger partial charge in [0.25, 0.3) is 0 Å². The Morgan fingerprint density at radius 2 is 2.00 bits per heavy atom.